The molecule has 4 heteroatoms. The molecule has 1 heterocycles. The molecule has 0 aromatic carbocycles. The topological polar surface area (TPSA) is 44.4 Å². The van der Waals surface area contributed by atoms with Crippen molar-refractivity contribution in [3.05, 3.63) is 0 Å². The highest BCUT2D eigenvalue weighted by molar-refractivity contribution is 5.81. The minimum absolute atomic E-state index is 0.110. The Balaban J connectivity index is 2.37. The molecule has 1 atom stereocenters. The molecule has 1 fully saturated rings. The first kappa shape index (κ1) is 15.4. The maximum atomic E-state index is 11.7. The van der Waals surface area contributed by atoms with Gasteiger partial charge in [0.2, 0.25) is 5.91 Å². The van der Waals surface area contributed by atoms with Crippen molar-refractivity contribution in [3.8, 4) is 0 Å². The van der Waals surface area contributed by atoms with Crippen molar-refractivity contribution in [1.82, 2.24) is 15.5 Å². The second-order valence-corrected chi connectivity index (χ2v) is 5.91. The van der Waals surface area contributed by atoms with Crippen molar-refractivity contribution in [2.45, 2.75) is 46.1 Å². The van der Waals surface area contributed by atoms with Crippen LogP contribution in [0.2, 0.25) is 0 Å². The normalized spacial score (nSPS) is 22.6. The SMILES string of the molecule is CCN1CCCC(NCC(C)(C)C(=O)NC)CC1. The average Bonchev–Trinajstić information content (AvgIpc) is 2.60. The first-order chi connectivity index (χ1) is 8.49. The Hall–Kier alpha value is -0.610. The molecule has 0 radical (unpaired) electrons. The van der Waals surface area contributed by atoms with Crippen LogP contribution in [0.1, 0.15) is 40.0 Å². The monoisotopic (exact) mass is 255 g/mol. The summed E-state index contributed by atoms with van der Waals surface area (Å²) in [7, 11) is 1.70. The molecule has 0 saturated carbocycles. The minimum atomic E-state index is -0.328. The van der Waals surface area contributed by atoms with Gasteiger partial charge in [0.05, 0.1) is 5.41 Å². The molecule has 1 unspecified atom stereocenters. The van der Waals surface area contributed by atoms with Crippen LogP contribution < -0.4 is 10.6 Å². The molecular formula is C14H29N3O. The van der Waals surface area contributed by atoms with E-state index in [1.807, 2.05) is 13.8 Å². The summed E-state index contributed by atoms with van der Waals surface area (Å²) in [5, 5.41) is 6.31. The van der Waals surface area contributed by atoms with E-state index in [4.69, 9.17) is 0 Å². The van der Waals surface area contributed by atoms with E-state index < -0.39 is 0 Å². The van der Waals surface area contributed by atoms with Crippen molar-refractivity contribution in [2.75, 3.05) is 33.2 Å². The number of carbonyl (C=O) groups is 1. The molecule has 1 rings (SSSR count). The number of carbonyl (C=O) groups excluding carboxylic acids is 1. The standard InChI is InChI=1S/C14H29N3O/c1-5-17-9-6-7-12(8-10-17)16-11-14(2,3)13(18)15-4/h12,16H,5-11H2,1-4H3,(H,15,18). The highest BCUT2D eigenvalue weighted by Gasteiger charge is 2.27. The lowest BCUT2D eigenvalue weighted by atomic mass is 9.91. The van der Waals surface area contributed by atoms with E-state index >= 15 is 0 Å². The predicted molar refractivity (Wildman–Crippen MR) is 75.6 cm³/mol. The second kappa shape index (κ2) is 7.10. The zero-order valence-corrected chi connectivity index (χ0v) is 12.4. The van der Waals surface area contributed by atoms with Gasteiger partial charge in [-0.2, -0.15) is 0 Å². The van der Waals surface area contributed by atoms with Crippen LogP contribution in [-0.4, -0.2) is 50.1 Å². The zero-order valence-electron chi connectivity index (χ0n) is 12.4. The molecular weight excluding hydrogens is 226 g/mol. The van der Waals surface area contributed by atoms with E-state index in [1.54, 1.807) is 7.05 Å². The van der Waals surface area contributed by atoms with Crippen molar-refractivity contribution < 1.29 is 4.79 Å². The van der Waals surface area contributed by atoms with Gasteiger partial charge in [0.25, 0.3) is 0 Å². The lowest BCUT2D eigenvalue weighted by molar-refractivity contribution is -0.128. The largest absolute Gasteiger partial charge is 0.359 e. The van der Waals surface area contributed by atoms with Gasteiger partial charge in [-0.1, -0.05) is 6.92 Å². The fourth-order valence-electron chi connectivity index (χ4n) is 2.49. The van der Waals surface area contributed by atoms with Crippen LogP contribution in [0.3, 0.4) is 0 Å². The smallest absolute Gasteiger partial charge is 0.226 e. The number of nitrogens with zero attached hydrogens (tertiary/aromatic N) is 1. The number of hydrogen-bond acceptors (Lipinski definition) is 3. The maximum Gasteiger partial charge on any atom is 0.226 e. The summed E-state index contributed by atoms with van der Waals surface area (Å²) in [5.74, 6) is 0.110. The fraction of sp³-hybridized carbons (Fsp3) is 0.929. The molecule has 0 aromatic rings. The Bertz CT molecular complexity index is 266. The summed E-state index contributed by atoms with van der Waals surface area (Å²) in [5.41, 5.74) is -0.328. The van der Waals surface area contributed by atoms with E-state index in [1.165, 1.54) is 32.4 Å². The lowest BCUT2D eigenvalue weighted by Gasteiger charge is -2.26. The van der Waals surface area contributed by atoms with Crippen molar-refractivity contribution in [2.24, 2.45) is 5.41 Å². The Morgan fingerprint density at radius 2 is 2.06 bits per heavy atom. The van der Waals surface area contributed by atoms with Gasteiger partial charge < -0.3 is 15.5 Å². The predicted octanol–water partition coefficient (Wildman–Crippen LogP) is 1.22. The van der Waals surface area contributed by atoms with Crippen LogP contribution in [0.5, 0.6) is 0 Å². The zero-order chi connectivity index (χ0) is 13.6. The van der Waals surface area contributed by atoms with Crippen molar-refractivity contribution >= 4 is 5.91 Å². The average molecular weight is 255 g/mol. The van der Waals surface area contributed by atoms with Gasteiger partial charge in [-0.25, -0.2) is 0 Å². The summed E-state index contributed by atoms with van der Waals surface area (Å²) in [4.78, 5) is 14.2. The molecule has 1 aliphatic heterocycles. The number of amides is 1. The van der Waals surface area contributed by atoms with Crippen LogP contribution in [0, 0.1) is 5.41 Å². The summed E-state index contributed by atoms with van der Waals surface area (Å²) in [6.45, 7) is 10.5. The number of rotatable bonds is 5. The summed E-state index contributed by atoms with van der Waals surface area (Å²) < 4.78 is 0. The van der Waals surface area contributed by atoms with E-state index in [-0.39, 0.29) is 11.3 Å². The molecule has 1 aliphatic rings. The van der Waals surface area contributed by atoms with Crippen LogP contribution in [0.25, 0.3) is 0 Å². The second-order valence-electron chi connectivity index (χ2n) is 5.91. The maximum absolute atomic E-state index is 11.7. The molecule has 1 amide bonds. The summed E-state index contributed by atoms with van der Waals surface area (Å²) in [6.07, 6.45) is 3.67. The van der Waals surface area contributed by atoms with E-state index in [0.717, 1.165) is 13.1 Å². The molecule has 1 saturated heterocycles. The van der Waals surface area contributed by atoms with Crippen molar-refractivity contribution in [3.63, 3.8) is 0 Å². The first-order valence-corrected chi connectivity index (χ1v) is 7.17. The number of nitrogens with one attached hydrogen (secondary N) is 2. The molecule has 4 nitrogen and oxygen atoms in total. The van der Waals surface area contributed by atoms with Gasteiger partial charge in [0, 0.05) is 19.6 Å². The van der Waals surface area contributed by atoms with E-state index in [2.05, 4.69) is 22.5 Å². The number of hydrogen-bond donors (Lipinski definition) is 2. The third-order valence-electron chi connectivity index (χ3n) is 3.94. The molecule has 0 aliphatic carbocycles. The molecule has 0 bridgehead atoms. The van der Waals surface area contributed by atoms with E-state index in [0.29, 0.717) is 6.04 Å². The quantitative estimate of drug-likeness (QED) is 0.776. The molecule has 0 spiro atoms. The van der Waals surface area contributed by atoms with Crippen LogP contribution in [-0.2, 0) is 4.79 Å². The fourth-order valence-corrected chi connectivity index (χ4v) is 2.49. The Morgan fingerprint density at radius 3 is 2.67 bits per heavy atom. The van der Waals surface area contributed by atoms with Gasteiger partial charge in [0.1, 0.15) is 0 Å². The lowest BCUT2D eigenvalue weighted by Crippen LogP contribution is -2.45. The van der Waals surface area contributed by atoms with Crippen LogP contribution in [0.4, 0.5) is 0 Å². The van der Waals surface area contributed by atoms with Crippen LogP contribution in [0.15, 0.2) is 0 Å². The first-order valence-electron chi connectivity index (χ1n) is 7.17. The van der Waals surface area contributed by atoms with Crippen molar-refractivity contribution in [1.29, 1.82) is 0 Å². The molecule has 106 valence electrons. The third kappa shape index (κ3) is 4.58. The summed E-state index contributed by atoms with van der Waals surface area (Å²) >= 11 is 0. The minimum Gasteiger partial charge on any atom is -0.359 e. The van der Waals surface area contributed by atoms with E-state index in [9.17, 15) is 4.79 Å². The Kier molecular flexibility index (Phi) is 6.09. The molecule has 2 N–H and O–H groups in total. The molecule has 0 aromatic heterocycles. The van der Waals surface area contributed by atoms with Gasteiger partial charge in [-0.05, 0) is 52.7 Å². The highest BCUT2D eigenvalue weighted by Crippen LogP contribution is 2.16. The Morgan fingerprint density at radius 1 is 1.33 bits per heavy atom. The summed E-state index contributed by atoms with van der Waals surface area (Å²) in [6, 6.07) is 0.561. The van der Waals surface area contributed by atoms with Gasteiger partial charge in [-0.3, -0.25) is 4.79 Å². The van der Waals surface area contributed by atoms with Gasteiger partial charge in [0.15, 0.2) is 0 Å². The van der Waals surface area contributed by atoms with Gasteiger partial charge >= 0.3 is 0 Å². The third-order valence-corrected chi connectivity index (χ3v) is 3.94. The Labute approximate surface area is 111 Å². The molecule has 18 heavy (non-hydrogen) atoms. The number of likely N-dealkylation sites (tertiary alicyclic amines) is 1. The van der Waals surface area contributed by atoms with Crippen LogP contribution >= 0.6 is 0 Å². The van der Waals surface area contributed by atoms with Gasteiger partial charge in [-0.15, -0.1) is 0 Å². The highest BCUT2D eigenvalue weighted by atomic mass is 16.2.